The minimum atomic E-state index is -0.513. The van der Waals surface area contributed by atoms with Gasteiger partial charge in [0.15, 0.2) is 0 Å². The number of nitrogens with one attached hydrogen (secondary N) is 1. The van der Waals surface area contributed by atoms with Crippen molar-refractivity contribution in [3.8, 4) is 11.1 Å². The number of hydrogen-bond acceptors (Lipinski definition) is 2. The first-order valence-electron chi connectivity index (χ1n) is 9.19. The Bertz CT molecular complexity index is 1050. The largest absolute Gasteiger partial charge is 0.366 e. The lowest BCUT2D eigenvalue weighted by molar-refractivity contribution is 0.100. The highest BCUT2D eigenvalue weighted by molar-refractivity contribution is 5.94. The number of nitrogens with two attached hydrogens (primary N) is 1. The van der Waals surface area contributed by atoms with Crippen LogP contribution < -0.4 is 11.1 Å². The summed E-state index contributed by atoms with van der Waals surface area (Å²) in [7, 11) is 0. The van der Waals surface area contributed by atoms with Gasteiger partial charge in [-0.05, 0) is 65.4 Å². The number of carbonyl (C=O) groups is 1. The normalized spacial score (nSPS) is 14.9. The summed E-state index contributed by atoms with van der Waals surface area (Å²) < 4.78 is 27.9. The topological polar surface area (TPSA) is 55.1 Å². The zero-order valence-corrected chi connectivity index (χ0v) is 16.4. The number of benzene rings is 3. The molecule has 0 bridgehead atoms. The molecule has 6 heteroatoms. The van der Waals surface area contributed by atoms with Crippen LogP contribution in [0.3, 0.4) is 0 Å². The van der Waals surface area contributed by atoms with E-state index < -0.39 is 5.91 Å². The van der Waals surface area contributed by atoms with Gasteiger partial charge in [-0.3, -0.25) is 4.79 Å². The fourth-order valence-electron chi connectivity index (χ4n) is 3.71. The van der Waals surface area contributed by atoms with Crippen LogP contribution in [0, 0.1) is 11.6 Å². The summed E-state index contributed by atoms with van der Waals surface area (Å²) in [5.41, 5.74) is 9.85. The molecule has 1 atom stereocenters. The highest BCUT2D eigenvalue weighted by Crippen LogP contribution is 2.25. The molecule has 0 unspecified atom stereocenters. The molecule has 1 aliphatic rings. The zero-order chi connectivity index (χ0) is 19.7. The molecule has 3 N–H and O–H groups in total. The Morgan fingerprint density at radius 2 is 1.72 bits per heavy atom. The van der Waals surface area contributed by atoms with Gasteiger partial charge in [0, 0.05) is 23.7 Å². The molecule has 150 valence electrons. The van der Waals surface area contributed by atoms with Gasteiger partial charge in [0.25, 0.3) is 0 Å². The Balaban J connectivity index is 0.00000240. The molecular formula is C23H21ClF2N2O. The molecule has 3 nitrogen and oxygen atoms in total. The maximum atomic E-state index is 14.6. The van der Waals surface area contributed by atoms with Crippen molar-refractivity contribution in [2.45, 2.75) is 25.4 Å². The van der Waals surface area contributed by atoms with Gasteiger partial charge >= 0.3 is 0 Å². The van der Waals surface area contributed by atoms with E-state index in [-0.39, 0.29) is 30.1 Å². The third-order valence-corrected chi connectivity index (χ3v) is 5.22. The summed E-state index contributed by atoms with van der Waals surface area (Å²) in [5, 5.41) is 3.36. The molecule has 1 aliphatic carbocycles. The van der Waals surface area contributed by atoms with Gasteiger partial charge in [0.1, 0.15) is 11.6 Å². The average Bonchev–Trinajstić information content (AvgIpc) is 3.09. The van der Waals surface area contributed by atoms with Gasteiger partial charge in [0.2, 0.25) is 5.91 Å². The molecular weight excluding hydrogens is 394 g/mol. The Morgan fingerprint density at radius 1 is 0.966 bits per heavy atom. The summed E-state index contributed by atoms with van der Waals surface area (Å²) in [6, 6.07) is 16.9. The van der Waals surface area contributed by atoms with E-state index in [1.807, 2.05) is 18.2 Å². The molecule has 29 heavy (non-hydrogen) atoms. The molecule has 0 saturated heterocycles. The van der Waals surface area contributed by atoms with Crippen LogP contribution in [-0.2, 0) is 19.4 Å². The van der Waals surface area contributed by atoms with E-state index in [1.54, 1.807) is 30.3 Å². The lowest BCUT2D eigenvalue weighted by Crippen LogP contribution is -2.29. The predicted molar refractivity (Wildman–Crippen MR) is 112 cm³/mol. The van der Waals surface area contributed by atoms with Gasteiger partial charge in [-0.25, -0.2) is 8.78 Å². The molecule has 3 aromatic carbocycles. The Kier molecular flexibility index (Phi) is 6.30. The van der Waals surface area contributed by atoms with Crippen LogP contribution in [0.1, 0.15) is 27.0 Å². The number of fused-ring (bicyclic) bond motifs is 1. The first-order chi connectivity index (χ1) is 13.5. The first-order valence-corrected chi connectivity index (χ1v) is 9.19. The summed E-state index contributed by atoms with van der Waals surface area (Å²) in [4.78, 5) is 11.3. The second kappa shape index (κ2) is 8.72. The van der Waals surface area contributed by atoms with E-state index in [2.05, 4.69) is 5.32 Å². The molecule has 0 heterocycles. The van der Waals surface area contributed by atoms with Gasteiger partial charge in [-0.2, -0.15) is 0 Å². The maximum Gasteiger partial charge on any atom is 0.248 e. The third kappa shape index (κ3) is 4.63. The molecule has 0 aromatic heterocycles. The lowest BCUT2D eigenvalue weighted by atomic mass is 10.0. The van der Waals surface area contributed by atoms with Crippen molar-refractivity contribution in [1.29, 1.82) is 0 Å². The summed E-state index contributed by atoms with van der Waals surface area (Å²) in [6.45, 7) is 0.397. The zero-order valence-electron chi connectivity index (χ0n) is 15.6. The second-order valence-electron chi connectivity index (χ2n) is 7.15. The minimum absolute atomic E-state index is 0. The molecule has 0 fully saturated rings. The van der Waals surface area contributed by atoms with E-state index in [0.717, 1.165) is 29.5 Å². The quantitative estimate of drug-likeness (QED) is 0.649. The number of amides is 1. The average molecular weight is 415 g/mol. The van der Waals surface area contributed by atoms with E-state index in [9.17, 15) is 13.6 Å². The Hall–Kier alpha value is -2.76. The molecule has 0 radical (unpaired) electrons. The summed E-state index contributed by atoms with van der Waals surface area (Å²) in [5.74, 6) is -1.04. The minimum Gasteiger partial charge on any atom is -0.366 e. The number of carbonyl (C=O) groups excluding carboxylic acids is 1. The summed E-state index contributed by atoms with van der Waals surface area (Å²) in [6.07, 6.45) is 1.56. The summed E-state index contributed by atoms with van der Waals surface area (Å²) >= 11 is 0. The smallest absolute Gasteiger partial charge is 0.248 e. The van der Waals surface area contributed by atoms with Crippen LogP contribution in [0.4, 0.5) is 8.78 Å². The SMILES string of the molecule is Cl.NC(=O)c1cccc(-c2ccc(CN[C@H]3Cc4ccc(F)cc4C3)c(F)c2)c1. The fourth-order valence-corrected chi connectivity index (χ4v) is 3.71. The van der Waals surface area contributed by atoms with Crippen LogP contribution in [0.2, 0.25) is 0 Å². The molecule has 0 saturated carbocycles. The second-order valence-corrected chi connectivity index (χ2v) is 7.15. The van der Waals surface area contributed by atoms with Crippen LogP contribution in [-0.4, -0.2) is 11.9 Å². The Morgan fingerprint density at radius 3 is 2.48 bits per heavy atom. The fraction of sp³-hybridized carbons (Fsp3) is 0.174. The van der Waals surface area contributed by atoms with Gasteiger partial charge in [-0.15, -0.1) is 12.4 Å². The maximum absolute atomic E-state index is 14.6. The van der Waals surface area contributed by atoms with Crippen molar-refractivity contribution in [1.82, 2.24) is 5.32 Å². The molecule has 4 rings (SSSR count). The highest BCUT2D eigenvalue weighted by Gasteiger charge is 2.21. The standard InChI is InChI=1S/C23H20F2N2O.ClH/c24-20-7-6-15-10-21(11-19(15)9-20)27-13-18-5-4-16(12-22(18)25)14-2-1-3-17(8-14)23(26)28;/h1-9,12,21,27H,10-11,13H2,(H2,26,28);1H/t21-;/m0./s1. The number of hydrogen-bond donors (Lipinski definition) is 2. The van der Waals surface area contributed by atoms with Crippen molar-refractivity contribution in [2.24, 2.45) is 5.73 Å². The van der Waals surface area contributed by atoms with E-state index in [0.29, 0.717) is 23.2 Å². The van der Waals surface area contributed by atoms with Crippen molar-refractivity contribution in [2.75, 3.05) is 0 Å². The van der Waals surface area contributed by atoms with Gasteiger partial charge in [0.05, 0.1) is 0 Å². The number of rotatable bonds is 5. The van der Waals surface area contributed by atoms with Crippen molar-refractivity contribution < 1.29 is 13.6 Å². The van der Waals surface area contributed by atoms with Crippen LogP contribution in [0.5, 0.6) is 0 Å². The van der Waals surface area contributed by atoms with Gasteiger partial charge < -0.3 is 11.1 Å². The van der Waals surface area contributed by atoms with Crippen LogP contribution in [0.25, 0.3) is 11.1 Å². The van der Waals surface area contributed by atoms with Crippen LogP contribution in [0.15, 0.2) is 60.7 Å². The lowest BCUT2D eigenvalue weighted by Gasteiger charge is -2.13. The van der Waals surface area contributed by atoms with E-state index in [1.165, 1.54) is 12.1 Å². The van der Waals surface area contributed by atoms with Gasteiger partial charge in [-0.1, -0.05) is 30.3 Å². The third-order valence-electron chi connectivity index (χ3n) is 5.22. The molecule has 1 amide bonds. The van der Waals surface area contributed by atoms with E-state index >= 15 is 0 Å². The molecule has 3 aromatic rings. The van der Waals surface area contributed by atoms with Crippen molar-refractivity contribution in [3.63, 3.8) is 0 Å². The first kappa shape index (κ1) is 21.0. The number of halogens is 3. The van der Waals surface area contributed by atoms with Crippen LogP contribution >= 0.6 is 12.4 Å². The van der Waals surface area contributed by atoms with Crippen molar-refractivity contribution in [3.05, 3.63) is 94.6 Å². The van der Waals surface area contributed by atoms with Crippen molar-refractivity contribution >= 4 is 18.3 Å². The predicted octanol–water partition coefficient (Wildman–Crippen LogP) is 4.41. The number of primary amides is 1. The highest BCUT2D eigenvalue weighted by atomic mass is 35.5. The molecule has 0 spiro atoms. The molecule has 0 aliphatic heterocycles. The van der Waals surface area contributed by atoms with E-state index in [4.69, 9.17) is 5.73 Å². The monoisotopic (exact) mass is 414 g/mol. The Labute approximate surface area is 174 Å².